The molecule has 4 heteroatoms. The number of hydrogen-bond donors (Lipinski definition) is 0. The predicted octanol–water partition coefficient (Wildman–Crippen LogP) is 3.25. The van der Waals surface area contributed by atoms with E-state index in [2.05, 4.69) is 18.1 Å². The highest BCUT2D eigenvalue weighted by Crippen LogP contribution is 2.37. The monoisotopic (exact) mass is 281 g/mol. The van der Waals surface area contributed by atoms with Gasteiger partial charge in [0.2, 0.25) is 0 Å². The van der Waals surface area contributed by atoms with Gasteiger partial charge in [0.15, 0.2) is 5.78 Å². The molecule has 2 aromatic rings. The minimum absolute atomic E-state index is 0.0892. The molecule has 1 fully saturated rings. The van der Waals surface area contributed by atoms with Crippen LogP contribution < -0.4 is 0 Å². The van der Waals surface area contributed by atoms with E-state index in [0.717, 1.165) is 36.0 Å². The van der Waals surface area contributed by atoms with Crippen LogP contribution in [0.2, 0.25) is 0 Å². The zero-order chi connectivity index (χ0) is 14.9. The number of hydrogen-bond acceptors (Lipinski definition) is 3. The van der Waals surface area contributed by atoms with Crippen molar-refractivity contribution in [2.24, 2.45) is 5.41 Å². The highest BCUT2D eigenvalue weighted by molar-refractivity contribution is 5.89. The number of nitriles is 1. The Hall–Kier alpha value is -2.15. The molecule has 1 saturated carbocycles. The summed E-state index contributed by atoms with van der Waals surface area (Å²) in [5, 5.41) is 15.3. The lowest BCUT2D eigenvalue weighted by Crippen LogP contribution is -2.35. The molecule has 0 bridgehead atoms. The SMILES string of the molecule is CCn1nc(CC2(C#N)CCCCC2=O)c2ccccc21. The van der Waals surface area contributed by atoms with Crippen LogP contribution in [0.5, 0.6) is 0 Å². The topological polar surface area (TPSA) is 58.7 Å². The second kappa shape index (κ2) is 5.33. The van der Waals surface area contributed by atoms with Crippen molar-refractivity contribution in [3.05, 3.63) is 30.0 Å². The van der Waals surface area contributed by atoms with Gasteiger partial charge in [-0.2, -0.15) is 10.4 Å². The molecule has 1 aliphatic rings. The number of para-hydroxylation sites is 1. The van der Waals surface area contributed by atoms with Gasteiger partial charge in [-0.1, -0.05) is 24.6 Å². The quantitative estimate of drug-likeness (QED) is 0.867. The van der Waals surface area contributed by atoms with Crippen molar-refractivity contribution >= 4 is 16.7 Å². The number of benzene rings is 1. The van der Waals surface area contributed by atoms with Gasteiger partial charge in [0.1, 0.15) is 5.41 Å². The Kier molecular flexibility index (Phi) is 3.50. The van der Waals surface area contributed by atoms with Crippen molar-refractivity contribution in [3.8, 4) is 6.07 Å². The van der Waals surface area contributed by atoms with E-state index in [1.54, 1.807) is 0 Å². The minimum Gasteiger partial charge on any atom is -0.298 e. The van der Waals surface area contributed by atoms with Gasteiger partial charge >= 0.3 is 0 Å². The molecule has 1 heterocycles. The Bertz CT molecular complexity index is 725. The molecule has 3 rings (SSSR count). The molecular formula is C17H19N3O. The fourth-order valence-electron chi connectivity index (χ4n) is 3.29. The van der Waals surface area contributed by atoms with Crippen LogP contribution in [0.1, 0.15) is 38.3 Å². The van der Waals surface area contributed by atoms with Crippen LogP contribution in [0.25, 0.3) is 10.9 Å². The van der Waals surface area contributed by atoms with Crippen LogP contribution in [0.3, 0.4) is 0 Å². The third kappa shape index (κ3) is 2.23. The van der Waals surface area contributed by atoms with Gasteiger partial charge in [-0.05, 0) is 25.8 Å². The van der Waals surface area contributed by atoms with Gasteiger partial charge in [0.25, 0.3) is 0 Å². The summed E-state index contributed by atoms with van der Waals surface area (Å²) in [5.41, 5.74) is 1.09. The lowest BCUT2D eigenvalue weighted by atomic mass is 9.71. The molecule has 0 amide bonds. The first kappa shape index (κ1) is 13.8. The first-order valence-electron chi connectivity index (χ1n) is 7.59. The summed E-state index contributed by atoms with van der Waals surface area (Å²) in [6.45, 7) is 2.84. The average Bonchev–Trinajstić information content (AvgIpc) is 2.88. The van der Waals surface area contributed by atoms with Crippen LogP contribution in [-0.2, 0) is 17.8 Å². The smallest absolute Gasteiger partial charge is 0.153 e. The normalized spacial score (nSPS) is 22.4. The van der Waals surface area contributed by atoms with Crippen molar-refractivity contribution in [3.63, 3.8) is 0 Å². The summed E-state index contributed by atoms with van der Waals surface area (Å²) in [4.78, 5) is 12.3. The fraction of sp³-hybridized carbons (Fsp3) is 0.471. The Morgan fingerprint density at radius 3 is 2.90 bits per heavy atom. The molecule has 108 valence electrons. The molecular weight excluding hydrogens is 262 g/mol. The van der Waals surface area contributed by atoms with Crippen molar-refractivity contribution < 1.29 is 4.79 Å². The largest absolute Gasteiger partial charge is 0.298 e. The van der Waals surface area contributed by atoms with Gasteiger partial charge in [-0.3, -0.25) is 9.48 Å². The van der Waals surface area contributed by atoms with E-state index in [4.69, 9.17) is 0 Å². The Balaban J connectivity index is 2.05. The van der Waals surface area contributed by atoms with Crippen LogP contribution in [-0.4, -0.2) is 15.6 Å². The Morgan fingerprint density at radius 1 is 1.38 bits per heavy atom. The van der Waals surface area contributed by atoms with Gasteiger partial charge in [0, 0.05) is 24.8 Å². The van der Waals surface area contributed by atoms with Crippen LogP contribution in [0.15, 0.2) is 24.3 Å². The third-order valence-corrected chi connectivity index (χ3v) is 4.51. The van der Waals surface area contributed by atoms with Crippen molar-refractivity contribution in [1.82, 2.24) is 9.78 Å². The fourth-order valence-corrected chi connectivity index (χ4v) is 3.29. The van der Waals surface area contributed by atoms with E-state index >= 15 is 0 Å². The maximum atomic E-state index is 12.3. The summed E-state index contributed by atoms with van der Waals surface area (Å²) in [5.74, 6) is 0.0892. The Morgan fingerprint density at radius 2 is 2.19 bits per heavy atom. The average molecular weight is 281 g/mol. The molecule has 1 atom stereocenters. The highest BCUT2D eigenvalue weighted by atomic mass is 16.1. The summed E-state index contributed by atoms with van der Waals surface area (Å²) in [7, 11) is 0. The van der Waals surface area contributed by atoms with Crippen molar-refractivity contribution in [2.75, 3.05) is 0 Å². The van der Waals surface area contributed by atoms with Crippen molar-refractivity contribution in [2.45, 2.75) is 45.6 Å². The second-order valence-electron chi connectivity index (χ2n) is 5.78. The summed E-state index contributed by atoms with van der Waals surface area (Å²) >= 11 is 0. The predicted molar refractivity (Wildman–Crippen MR) is 80.6 cm³/mol. The zero-order valence-electron chi connectivity index (χ0n) is 12.3. The van der Waals surface area contributed by atoms with Crippen LogP contribution in [0.4, 0.5) is 0 Å². The number of fused-ring (bicyclic) bond motifs is 1. The summed E-state index contributed by atoms with van der Waals surface area (Å²) in [6.07, 6.45) is 3.49. The summed E-state index contributed by atoms with van der Waals surface area (Å²) < 4.78 is 1.95. The first-order chi connectivity index (χ1) is 10.2. The lowest BCUT2D eigenvalue weighted by molar-refractivity contribution is -0.128. The number of Topliss-reactive ketones (excluding diaryl/α,β-unsaturated/α-hetero) is 1. The molecule has 21 heavy (non-hydrogen) atoms. The standard InChI is InChI=1S/C17H19N3O/c1-2-20-15-8-4-3-7-13(15)14(19-20)11-17(12-18)10-6-5-9-16(17)21/h3-4,7-8H,2,5-6,9-11H2,1H3. The van der Waals surface area contributed by atoms with Gasteiger partial charge < -0.3 is 0 Å². The number of ketones is 1. The van der Waals surface area contributed by atoms with E-state index in [1.165, 1.54) is 0 Å². The van der Waals surface area contributed by atoms with Gasteiger partial charge in [-0.15, -0.1) is 0 Å². The maximum Gasteiger partial charge on any atom is 0.153 e. The van der Waals surface area contributed by atoms with E-state index in [9.17, 15) is 10.1 Å². The first-order valence-corrected chi connectivity index (χ1v) is 7.59. The Labute approximate surface area is 124 Å². The zero-order valence-corrected chi connectivity index (χ0v) is 12.3. The van der Waals surface area contributed by atoms with E-state index in [-0.39, 0.29) is 5.78 Å². The molecule has 0 aliphatic heterocycles. The molecule has 1 aromatic carbocycles. The number of nitrogens with zero attached hydrogens (tertiary/aromatic N) is 3. The molecule has 0 radical (unpaired) electrons. The number of aromatic nitrogens is 2. The van der Waals surface area contributed by atoms with Gasteiger partial charge in [-0.25, -0.2) is 0 Å². The molecule has 0 N–H and O–H groups in total. The number of aryl methyl sites for hydroxylation is 1. The van der Waals surface area contributed by atoms with Crippen LogP contribution >= 0.6 is 0 Å². The second-order valence-corrected chi connectivity index (χ2v) is 5.78. The van der Waals surface area contributed by atoms with E-state index < -0.39 is 5.41 Å². The number of rotatable bonds is 3. The highest BCUT2D eigenvalue weighted by Gasteiger charge is 2.41. The lowest BCUT2D eigenvalue weighted by Gasteiger charge is -2.28. The van der Waals surface area contributed by atoms with Crippen LogP contribution in [0, 0.1) is 16.7 Å². The number of carbonyl (C=O) groups excluding carboxylic acids is 1. The van der Waals surface area contributed by atoms with Gasteiger partial charge in [0.05, 0.1) is 17.3 Å². The minimum atomic E-state index is -0.867. The maximum absolute atomic E-state index is 12.3. The molecule has 4 nitrogen and oxygen atoms in total. The molecule has 0 saturated heterocycles. The molecule has 1 aromatic heterocycles. The summed E-state index contributed by atoms with van der Waals surface area (Å²) in [6, 6.07) is 10.4. The molecule has 1 unspecified atom stereocenters. The number of carbonyl (C=O) groups is 1. The van der Waals surface area contributed by atoms with E-state index in [0.29, 0.717) is 19.3 Å². The third-order valence-electron chi connectivity index (χ3n) is 4.51. The van der Waals surface area contributed by atoms with E-state index in [1.807, 2.05) is 28.9 Å². The molecule has 1 aliphatic carbocycles. The van der Waals surface area contributed by atoms with Crippen molar-refractivity contribution in [1.29, 1.82) is 5.26 Å². The molecule has 0 spiro atoms.